The van der Waals surface area contributed by atoms with Crippen molar-refractivity contribution in [2.45, 2.75) is 25.4 Å². The molecule has 2 N–H and O–H groups in total. The molecule has 8 heteroatoms. The van der Waals surface area contributed by atoms with E-state index in [9.17, 15) is 18.8 Å². The summed E-state index contributed by atoms with van der Waals surface area (Å²) in [6.45, 7) is 0.927. The maximum absolute atomic E-state index is 14.1. The van der Waals surface area contributed by atoms with Gasteiger partial charge in [0.05, 0.1) is 18.4 Å². The Balaban J connectivity index is 1.44. The van der Waals surface area contributed by atoms with Crippen LogP contribution in [0.15, 0.2) is 77.4 Å². The second-order valence-corrected chi connectivity index (χ2v) is 8.22. The minimum absolute atomic E-state index is 0.0334. The van der Waals surface area contributed by atoms with E-state index in [1.165, 1.54) is 18.4 Å². The molecule has 0 aliphatic carbocycles. The summed E-state index contributed by atoms with van der Waals surface area (Å²) in [5.41, 5.74) is 0.490. The fourth-order valence-corrected chi connectivity index (χ4v) is 4.15. The van der Waals surface area contributed by atoms with Crippen molar-refractivity contribution in [1.82, 2.24) is 15.5 Å². The van der Waals surface area contributed by atoms with E-state index in [0.29, 0.717) is 37.3 Å². The maximum atomic E-state index is 14.1. The monoisotopic (exact) mass is 463 g/mol. The van der Waals surface area contributed by atoms with Crippen molar-refractivity contribution in [3.63, 3.8) is 0 Å². The number of halogens is 1. The van der Waals surface area contributed by atoms with Gasteiger partial charge >= 0.3 is 0 Å². The summed E-state index contributed by atoms with van der Waals surface area (Å²) in [6, 6.07) is 17.3. The number of nitrogens with one attached hydrogen (secondary N) is 2. The van der Waals surface area contributed by atoms with Gasteiger partial charge in [0, 0.05) is 18.7 Å². The van der Waals surface area contributed by atoms with Crippen LogP contribution in [0.25, 0.3) is 0 Å². The summed E-state index contributed by atoms with van der Waals surface area (Å²) < 4.78 is 19.3. The van der Waals surface area contributed by atoms with E-state index in [4.69, 9.17) is 4.42 Å². The third-order valence-electron chi connectivity index (χ3n) is 6.02. The minimum Gasteiger partial charge on any atom is -0.467 e. The van der Waals surface area contributed by atoms with Crippen molar-refractivity contribution in [1.29, 1.82) is 0 Å². The molecule has 0 spiro atoms. The van der Waals surface area contributed by atoms with Crippen LogP contribution in [0.3, 0.4) is 0 Å². The first-order valence-corrected chi connectivity index (χ1v) is 11.2. The fourth-order valence-electron chi connectivity index (χ4n) is 4.15. The van der Waals surface area contributed by atoms with Crippen molar-refractivity contribution in [3.8, 4) is 0 Å². The van der Waals surface area contributed by atoms with Crippen LogP contribution in [0, 0.1) is 11.7 Å². The third-order valence-corrected chi connectivity index (χ3v) is 6.02. The molecular weight excluding hydrogens is 437 g/mol. The summed E-state index contributed by atoms with van der Waals surface area (Å²) in [6.07, 6.45) is 2.51. The SMILES string of the molecule is O=C(N[C@H](C(=O)NCc1ccco1)C1CCN(C(=O)c2ccccc2F)CC1)c1ccccc1. The van der Waals surface area contributed by atoms with E-state index in [1.807, 2.05) is 6.07 Å². The zero-order chi connectivity index (χ0) is 23.9. The van der Waals surface area contributed by atoms with Crippen LogP contribution >= 0.6 is 0 Å². The van der Waals surface area contributed by atoms with Gasteiger partial charge in [-0.2, -0.15) is 0 Å². The van der Waals surface area contributed by atoms with Crippen LogP contribution in [0.1, 0.15) is 39.3 Å². The Hall–Kier alpha value is -3.94. The number of furan rings is 1. The van der Waals surface area contributed by atoms with Crippen LogP contribution in [0.4, 0.5) is 4.39 Å². The largest absolute Gasteiger partial charge is 0.467 e. The van der Waals surface area contributed by atoms with Crippen LogP contribution in [0.2, 0.25) is 0 Å². The van der Waals surface area contributed by atoms with Crippen molar-refractivity contribution in [2.75, 3.05) is 13.1 Å². The zero-order valence-electron chi connectivity index (χ0n) is 18.6. The standard InChI is InChI=1S/C26H26FN3O4/c27-22-11-5-4-10-21(22)26(33)30-14-12-18(13-15-30)23(25(32)28-17-20-9-6-16-34-20)29-24(31)19-7-2-1-3-8-19/h1-11,16,18,23H,12-15,17H2,(H,28,32)(H,29,31)/t23-/m0/s1. The molecule has 7 nitrogen and oxygen atoms in total. The lowest BCUT2D eigenvalue weighted by Crippen LogP contribution is -2.53. The number of rotatable bonds is 7. The molecule has 1 aliphatic heterocycles. The van der Waals surface area contributed by atoms with Gasteiger partial charge in [-0.1, -0.05) is 30.3 Å². The summed E-state index contributed by atoms with van der Waals surface area (Å²) in [5.74, 6) is -1.17. The smallest absolute Gasteiger partial charge is 0.256 e. The maximum Gasteiger partial charge on any atom is 0.256 e. The van der Waals surface area contributed by atoms with Gasteiger partial charge in [-0.05, 0) is 55.2 Å². The van der Waals surface area contributed by atoms with Crippen LogP contribution < -0.4 is 10.6 Å². The Morgan fingerprint density at radius 1 is 0.971 bits per heavy atom. The number of carbonyl (C=O) groups excluding carboxylic acids is 3. The number of benzene rings is 2. The van der Waals surface area contributed by atoms with Crippen LogP contribution in [-0.4, -0.2) is 41.8 Å². The number of carbonyl (C=O) groups is 3. The first-order valence-electron chi connectivity index (χ1n) is 11.2. The predicted molar refractivity (Wildman–Crippen MR) is 123 cm³/mol. The van der Waals surface area contributed by atoms with Crippen LogP contribution in [-0.2, 0) is 11.3 Å². The first-order chi connectivity index (χ1) is 16.5. The summed E-state index contributed by atoms with van der Waals surface area (Å²) in [7, 11) is 0. The molecule has 0 bridgehead atoms. The second kappa shape index (κ2) is 10.8. The minimum atomic E-state index is -0.784. The molecule has 0 radical (unpaired) electrons. The van der Waals surface area contributed by atoms with E-state index < -0.39 is 11.9 Å². The number of hydrogen-bond donors (Lipinski definition) is 2. The highest BCUT2D eigenvalue weighted by Crippen LogP contribution is 2.24. The molecule has 1 fully saturated rings. The first kappa shape index (κ1) is 23.2. The van der Waals surface area contributed by atoms with E-state index in [2.05, 4.69) is 10.6 Å². The fraction of sp³-hybridized carbons (Fsp3) is 0.269. The van der Waals surface area contributed by atoms with E-state index in [1.54, 1.807) is 53.4 Å². The molecule has 3 aromatic rings. The molecule has 2 aromatic carbocycles. The lowest BCUT2D eigenvalue weighted by atomic mass is 9.88. The molecule has 1 atom stereocenters. The Bertz CT molecular complexity index is 1130. The summed E-state index contributed by atoms with van der Waals surface area (Å²) in [4.78, 5) is 40.2. The molecule has 4 rings (SSSR count). The molecule has 0 saturated carbocycles. The molecule has 0 unspecified atom stereocenters. The number of piperidine rings is 1. The lowest BCUT2D eigenvalue weighted by Gasteiger charge is -2.36. The topological polar surface area (TPSA) is 91.7 Å². The Kier molecular flexibility index (Phi) is 7.37. The van der Waals surface area contributed by atoms with Gasteiger partial charge in [-0.15, -0.1) is 0 Å². The molecule has 1 aliphatic rings. The Labute approximate surface area is 196 Å². The average molecular weight is 464 g/mol. The van der Waals surface area contributed by atoms with E-state index in [-0.39, 0.29) is 35.7 Å². The average Bonchev–Trinajstić information content (AvgIpc) is 3.40. The van der Waals surface area contributed by atoms with Gasteiger partial charge in [0.25, 0.3) is 11.8 Å². The van der Waals surface area contributed by atoms with E-state index >= 15 is 0 Å². The number of nitrogens with zero attached hydrogens (tertiary/aromatic N) is 1. The normalized spacial score (nSPS) is 14.9. The molecular formula is C26H26FN3O4. The van der Waals surface area contributed by atoms with Crippen molar-refractivity contribution in [3.05, 3.63) is 95.7 Å². The van der Waals surface area contributed by atoms with Crippen molar-refractivity contribution < 1.29 is 23.2 Å². The quantitative estimate of drug-likeness (QED) is 0.562. The molecule has 34 heavy (non-hydrogen) atoms. The van der Waals surface area contributed by atoms with Gasteiger partial charge in [-0.3, -0.25) is 14.4 Å². The second-order valence-electron chi connectivity index (χ2n) is 8.22. The number of amides is 3. The van der Waals surface area contributed by atoms with Crippen molar-refractivity contribution in [2.24, 2.45) is 5.92 Å². The molecule has 3 amide bonds. The summed E-state index contributed by atoms with van der Waals surface area (Å²) in [5, 5.41) is 5.70. The summed E-state index contributed by atoms with van der Waals surface area (Å²) >= 11 is 0. The molecule has 1 aromatic heterocycles. The Morgan fingerprint density at radius 2 is 1.68 bits per heavy atom. The highest BCUT2D eigenvalue weighted by atomic mass is 19.1. The zero-order valence-corrected chi connectivity index (χ0v) is 18.6. The third kappa shape index (κ3) is 5.51. The molecule has 1 saturated heterocycles. The van der Waals surface area contributed by atoms with Crippen LogP contribution in [0.5, 0.6) is 0 Å². The predicted octanol–water partition coefficient (Wildman–Crippen LogP) is 3.39. The van der Waals surface area contributed by atoms with Crippen molar-refractivity contribution >= 4 is 17.7 Å². The highest BCUT2D eigenvalue weighted by Gasteiger charge is 2.34. The molecule has 176 valence electrons. The number of likely N-dealkylation sites (tertiary alicyclic amines) is 1. The number of hydrogen-bond acceptors (Lipinski definition) is 4. The van der Waals surface area contributed by atoms with Gasteiger partial charge < -0.3 is 20.0 Å². The van der Waals surface area contributed by atoms with Gasteiger partial charge in [0.15, 0.2) is 0 Å². The molecule has 2 heterocycles. The Morgan fingerprint density at radius 3 is 2.35 bits per heavy atom. The van der Waals surface area contributed by atoms with Gasteiger partial charge in [-0.25, -0.2) is 4.39 Å². The highest BCUT2D eigenvalue weighted by molar-refractivity contribution is 5.97. The lowest BCUT2D eigenvalue weighted by molar-refractivity contribution is -0.124. The van der Waals surface area contributed by atoms with Gasteiger partial charge in [0.1, 0.15) is 17.6 Å². The van der Waals surface area contributed by atoms with Gasteiger partial charge in [0.2, 0.25) is 5.91 Å². The van der Waals surface area contributed by atoms with E-state index in [0.717, 1.165) is 0 Å².